The normalized spacial score (nSPS) is 15.5. The van der Waals surface area contributed by atoms with E-state index in [1.807, 2.05) is 65.6 Å². The molecule has 0 bridgehead atoms. The molecule has 2 aromatic heterocycles. The highest BCUT2D eigenvalue weighted by molar-refractivity contribution is 5.95. The first kappa shape index (κ1) is 17.6. The summed E-state index contributed by atoms with van der Waals surface area (Å²) in [6, 6.07) is 17.8. The number of oxazole rings is 1. The van der Waals surface area contributed by atoms with Crippen LogP contribution in [0.5, 0.6) is 0 Å². The van der Waals surface area contributed by atoms with Crippen LogP contribution in [0, 0.1) is 0 Å². The summed E-state index contributed by atoms with van der Waals surface area (Å²) in [5.41, 5.74) is 3.59. The van der Waals surface area contributed by atoms with Gasteiger partial charge in [0.15, 0.2) is 11.5 Å². The monoisotopic (exact) mass is 383 g/mol. The van der Waals surface area contributed by atoms with Crippen LogP contribution in [0.25, 0.3) is 28.1 Å². The number of aromatic nitrogens is 2. The van der Waals surface area contributed by atoms with Crippen molar-refractivity contribution in [2.45, 2.75) is 18.8 Å². The molecule has 5 nitrogen and oxygen atoms in total. The molecule has 144 valence electrons. The topological polar surface area (TPSA) is 59.2 Å². The highest BCUT2D eigenvalue weighted by Gasteiger charge is 2.26. The van der Waals surface area contributed by atoms with Crippen molar-refractivity contribution in [2.24, 2.45) is 0 Å². The first-order chi connectivity index (χ1) is 14.3. The standard InChI is InChI=1S/C24H21N3O2/c28-22(11-10-18-6-3-5-17-7-4-14-25-23(17)18)27-15-12-19(13-16-27)24-26-20-8-1-2-9-21(20)29-24/h1-11,14,19H,12-13,15-16H2/b11-10+. The fraction of sp³-hybridized carbons (Fsp3) is 0.208. The molecule has 0 radical (unpaired) electrons. The van der Waals surface area contributed by atoms with Gasteiger partial charge in [-0.2, -0.15) is 0 Å². The SMILES string of the molecule is O=C(/C=C/c1cccc2cccnc12)N1CCC(c2nc3ccccc3o2)CC1. The molecule has 0 N–H and O–H groups in total. The van der Waals surface area contributed by atoms with Crippen molar-refractivity contribution >= 4 is 34.0 Å². The van der Waals surface area contributed by atoms with Gasteiger partial charge in [-0.05, 0) is 37.1 Å². The number of likely N-dealkylation sites (tertiary alicyclic amines) is 1. The van der Waals surface area contributed by atoms with Gasteiger partial charge < -0.3 is 9.32 Å². The fourth-order valence-corrected chi connectivity index (χ4v) is 3.94. The molecule has 1 amide bonds. The van der Waals surface area contributed by atoms with E-state index in [9.17, 15) is 4.79 Å². The number of para-hydroxylation sites is 3. The van der Waals surface area contributed by atoms with Gasteiger partial charge in [-0.25, -0.2) is 4.98 Å². The Balaban J connectivity index is 1.25. The Morgan fingerprint density at radius 3 is 2.72 bits per heavy atom. The predicted molar refractivity (Wildman–Crippen MR) is 113 cm³/mol. The lowest BCUT2D eigenvalue weighted by Gasteiger charge is -2.29. The molecular weight excluding hydrogens is 362 g/mol. The van der Waals surface area contributed by atoms with Crippen LogP contribution in [0.1, 0.15) is 30.2 Å². The average Bonchev–Trinajstić information content (AvgIpc) is 3.22. The maximum atomic E-state index is 12.7. The minimum absolute atomic E-state index is 0.0361. The van der Waals surface area contributed by atoms with Crippen molar-refractivity contribution in [1.82, 2.24) is 14.9 Å². The Kier molecular flexibility index (Phi) is 4.56. The molecule has 29 heavy (non-hydrogen) atoms. The summed E-state index contributed by atoms with van der Waals surface area (Å²) < 4.78 is 5.91. The number of rotatable bonds is 3. The number of pyridine rings is 1. The zero-order valence-electron chi connectivity index (χ0n) is 16.0. The number of carbonyl (C=O) groups excluding carboxylic acids is 1. The third kappa shape index (κ3) is 3.51. The Labute approximate surface area is 168 Å². The summed E-state index contributed by atoms with van der Waals surface area (Å²) in [4.78, 5) is 23.6. The number of amides is 1. The molecule has 0 spiro atoms. The first-order valence-corrected chi connectivity index (χ1v) is 9.94. The first-order valence-electron chi connectivity index (χ1n) is 9.94. The maximum absolute atomic E-state index is 12.7. The Hall–Kier alpha value is -3.47. The predicted octanol–water partition coefficient (Wildman–Crippen LogP) is 4.80. The second-order valence-corrected chi connectivity index (χ2v) is 7.38. The van der Waals surface area contributed by atoms with Gasteiger partial charge in [0.1, 0.15) is 5.52 Å². The van der Waals surface area contributed by atoms with Crippen LogP contribution in [0.15, 0.2) is 71.3 Å². The van der Waals surface area contributed by atoms with Crippen molar-refractivity contribution in [1.29, 1.82) is 0 Å². The molecule has 3 heterocycles. The number of piperidine rings is 1. The minimum atomic E-state index is 0.0361. The van der Waals surface area contributed by atoms with E-state index < -0.39 is 0 Å². The lowest BCUT2D eigenvalue weighted by atomic mass is 9.96. The molecule has 0 unspecified atom stereocenters. The highest BCUT2D eigenvalue weighted by Crippen LogP contribution is 2.30. The van der Waals surface area contributed by atoms with Crippen molar-refractivity contribution in [3.05, 3.63) is 78.3 Å². The fourth-order valence-electron chi connectivity index (χ4n) is 3.94. The molecule has 2 aromatic carbocycles. The molecule has 1 saturated heterocycles. The lowest BCUT2D eigenvalue weighted by molar-refractivity contribution is -0.127. The van der Waals surface area contributed by atoms with E-state index in [0.717, 1.165) is 46.3 Å². The zero-order chi connectivity index (χ0) is 19.6. The van der Waals surface area contributed by atoms with Gasteiger partial charge in [-0.15, -0.1) is 0 Å². The Bertz CT molecular complexity index is 1160. The second-order valence-electron chi connectivity index (χ2n) is 7.38. The van der Waals surface area contributed by atoms with Crippen molar-refractivity contribution < 1.29 is 9.21 Å². The van der Waals surface area contributed by atoms with E-state index in [0.29, 0.717) is 13.1 Å². The van der Waals surface area contributed by atoms with Crippen molar-refractivity contribution in [2.75, 3.05) is 13.1 Å². The third-order valence-electron chi connectivity index (χ3n) is 5.54. The van der Waals surface area contributed by atoms with Gasteiger partial charge in [-0.3, -0.25) is 9.78 Å². The average molecular weight is 383 g/mol. The largest absolute Gasteiger partial charge is 0.440 e. The van der Waals surface area contributed by atoms with Gasteiger partial charge in [0.05, 0.1) is 5.52 Å². The number of nitrogens with zero attached hydrogens (tertiary/aromatic N) is 3. The van der Waals surface area contributed by atoms with Gasteiger partial charge >= 0.3 is 0 Å². The van der Waals surface area contributed by atoms with Crippen LogP contribution >= 0.6 is 0 Å². The van der Waals surface area contributed by atoms with Gasteiger partial charge in [-0.1, -0.05) is 36.4 Å². The van der Waals surface area contributed by atoms with Crippen LogP contribution in [0.2, 0.25) is 0 Å². The Morgan fingerprint density at radius 2 is 1.86 bits per heavy atom. The van der Waals surface area contributed by atoms with Crippen LogP contribution in [-0.4, -0.2) is 33.9 Å². The van der Waals surface area contributed by atoms with Gasteiger partial charge in [0.2, 0.25) is 5.91 Å². The maximum Gasteiger partial charge on any atom is 0.246 e. The summed E-state index contributed by atoms with van der Waals surface area (Å²) >= 11 is 0. The minimum Gasteiger partial charge on any atom is -0.440 e. The third-order valence-corrected chi connectivity index (χ3v) is 5.54. The number of fused-ring (bicyclic) bond motifs is 2. The van der Waals surface area contributed by atoms with Gasteiger partial charge in [0.25, 0.3) is 0 Å². The van der Waals surface area contributed by atoms with Crippen LogP contribution < -0.4 is 0 Å². The van der Waals surface area contributed by atoms with Gasteiger partial charge in [0, 0.05) is 42.2 Å². The smallest absolute Gasteiger partial charge is 0.246 e. The molecule has 0 saturated carbocycles. The molecular formula is C24H21N3O2. The van der Waals surface area contributed by atoms with E-state index in [4.69, 9.17) is 4.42 Å². The molecule has 0 atom stereocenters. The molecule has 1 fully saturated rings. The van der Waals surface area contributed by atoms with Crippen molar-refractivity contribution in [3.63, 3.8) is 0 Å². The molecule has 1 aliphatic rings. The van der Waals surface area contributed by atoms with Crippen molar-refractivity contribution in [3.8, 4) is 0 Å². The molecule has 5 heteroatoms. The van der Waals surface area contributed by atoms with E-state index in [1.165, 1.54) is 0 Å². The summed E-state index contributed by atoms with van der Waals surface area (Å²) in [6.45, 7) is 1.42. The molecule has 5 rings (SSSR count). The second kappa shape index (κ2) is 7.51. The lowest BCUT2D eigenvalue weighted by Crippen LogP contribution is -2.36. The number of hydrogen-bond acceptors (Lipinski definition) is 4. The molecule has 0 aliphatic carbocycles. The van der Waals surface area contributed by atoms with E-state index in [2.05, 4.69) is 9.97 Å². The van der Waals surface area contributed by atoms with E-state index >= 15 is 0 Å². The summed E-state index contributed by atoms with van der Waals surface area (Å²) in [6.07, 6.45) is 7.02. The quantitative estimate of drug-likeness (QED) is 0.477. The number of hydrogen-bond donors (Lipinski definition) is 0. The summed E-state index contributed by atoms with van der Waals surface area (Å²) in [5, 5.41) is 1.07. The van der Waals surface area contributed by atoms with E-state index in [-0.39, 0.29) is 11.8 Å². The van der Waals surface area contributed by atoms with Crippen LogP contribution in [0.4, 0.5) is 0 Å². The van der Waals surface area contributed by atoms with Crippen LogP contribution in [-0.2, 0) is 4.79 Å². The highest BCUT2D eigenvalue weighted by atomic mass is 16.3. The van der Waals surface area contributed by atoms with Crippen LogP contribution in [0.3, 0.4) is 0 Å². The number of benzene rings is 2. The Morgan fingerprint density at radius 1 is 1.03 bits per heavy atom. The summed E-state index contributed by atoms with van der Waals surface area (Å²) in [7, 11) is 0. The summed E-state index contributed by atoms with van der Waals surface area (Å²) in [5.74, 6) is 1.09. The molecule has 1 aliphatic heterocycles. The number of carbonyl (C=O) groups is 1. The van der Waals surface area contributed by atoms with E-state index in [1.54, 1.807) is 12.3 Å². The molecule has 4 aromatic rings. The zero-order valence-corrected chi connectivity index (χ0v) is 16.0.